The number of hydrogen-bond donors (Lipinski definition) is 2. The molecule has 1 saturated carbocycles. The Morgan fingerprint density at radius 2 is 1.76 bits per heavy atom. The number of carbonyl (C=O) groups excluding carboxylic acids is 3. The third-order valence-electron chi connectivity index (χ3n) is 7.19. The summed E-state index contributed by atoms with van der Waals surface area (Å²) >= 11 is 0. The van der Waals surface area contributed by atoms with Gasteiger partial charge in [0.1, 0.15) is 16.9 Å². The zero-order valence-corrected chi connectivity index (χ0v) is 23.2. The van der Waals surface area contributed by atoms with Crippen LogP contribution < -0.4 is 14.9 Å². The highest BCUT2D eigenvalue weighted by atomic mass is 32.2. The van der Waals surface area contributed by atoms with Crippen LogP contribution in [0, 0.1) is 11.7 Å². The van der Waals surface area contributed by atoms with Gasteiger partial charge in [-0.25, -0.2) is 17.6 Å². The molecule has 2 fully saturated rings. The van der Waals surface area contributed by atoms with Gasteiger partial charge in [-0.05, 0) is 69.2 Å². The topological polar surface area (TPSA) is 129 Å². The lowest BCUT2D eigenvalue weighted by molar-refractivity contribution is -0.137. The zero-order chi connectivity index (χ0) is 30.6. The number of sulfonamides is 1. The number of alkyl halides is 3. The number of furan rings is 1. The second kappa shape index (κ2) is 10.4. The molecule has 10 nitrogen and oxygen atoms in total. The minimum atomic E-state index is -4.57. The first kappa shape index (κ1) is 29.5. The summed E-state index contributed by atoms with van der Waals surface area (Å²) in [6.07, 6.45) is -4.24. The van der Waals surface area contributed by atoms with Crippen LogP contribution in [0.3, 0.4) is 0 Å². The van der Waals surface area contributed by atoms with Crippen molar-refractivity contribution in [3.05, 3.63) is 59.9 Å². The average Bonchev–Trinajstić information content (AvgIpc) is 3.55. The third kappa shape index (κ3) is 5.57. The number of nitrogens with one attached hydrogen (secondary N) is 2. The van der Waals surface area contributed by atoms with Gasteiger partial charge in [0.2, 0.25) is 16.9 Å². The molecular formula is C27H26F4N4O6S. The van der Waals surface area contributed by atoms with Crippen molar-refractivity contribution in [1.82, 2.24) is 14.9 Å². The van der Waals surface area contributed by atoms with Crippen molar-refractivity contribution in [3.8, 4) is 0 Å². The van der Waals surface area contributed by atoms with E-state index in [9.17, 15) is 40.4 Å². The Hall–Kier alpha value is -3.98. The standard InChI is InChI=1S/C27H26F4N4O6S/c1-15(2)35-23(36)17(14-34(25(35)38)20-6-3-18(4-7-20)27(29,30)31)13-32-24(37)26(9-10-26)33-42(39,40)22-12-16-11-19(28)5-8-21(16)41-22/h3-8,11-12,15,17,33H,9-10,13-14H2,1-2H3,(H,32,37). The lowest BCUT2D eigenvalue weighted by atomic mass is 10.0. The molecule has 1 atom stereocenters. The van der Waals surface area contributed by atoms with E-state index in [0.717, 1.165) is 47.4 Å². The number of imide groups is 1. The van der Waals surface area contributed by atoms with Gasteiger partial charge in [-0.3, -0.25) is 19.4 Å². The van der Waals surface area contributed by atoms with Crippen molar-refractivity contribution in [3.63, 3.8) is 0 Å². The Morgan fingerprint density at radius 1 is 1.10 bits per heavy atom. The van der Waals surface area contributed by atoms with Crippen LogP contribution in [0.4, 0.5) is 28.0 Å². The van der Waals surface area contributed by atoms with Crippen molar-refractivity contribution < 1.29 is 44.8 Å². The number of urea groups is 1. The summed E-state index contributed by atoms with van der Waals surface area (Å²) in [7, 11) is -4.32. The van der Waals surface area contributed by atoms with Crippen LogP contribution in [-0.4, -0.2) is 55.8 Å². The van der Waals surface area contributed by atoms with Crippen molar-refractivity contribution >= 4 is 44.5 Å². The molecule has 42 heavy (non-hydrogen) atoms. The molecule has 1 saturated heterocycles. The molecular weight excluding hydrogens is 584 g/mol. The molecule has 1 aliphatic heterocycles. The molecule has 0 bridgehead atoms. The van der Waals surface area contributed by atoms with E-state index in [0.29, 0.717) is 0 Å². The van der Waals surface area contributed by atoms with E-state index in [1.54, 1.807) is 13.8 Å². The minimum Gasteiger partial charge on any atom is -0.443 e. The number of benzene rings is 2. The molecule has 4 amide bonds. The van der Waals surface area contributed by atoms with Gasteiger partial charge in [-0.2, -0.15) is 17.9 Å². The van der Waals surface area contributed by atoms with E-state index in [4.69, 9.17) is 4.42 Å². The molecule has 0 radical (unpaired) electrons. The summed E-state index contributed by atoms with van der Waals surface area (Å²) < 4.78 is 86.2. The van der Waals surface area contributed by atoms with Gasteiger partial charge in [0.25, 0.3) is 10.0 Å². The second-order valence-corrected chi connectivity index (χ2v) is 12.2. The van der Waals surface area contributed by atoms with Crippen LogP contribution in [0.1, 0.15) is 32.3 Å². The van der Waals surface area contributed by atoms with Crippen LogP contribution >= 0.6 is 0 Å². The van der Waals surface area contributed by atoms with Crippen molar-refractivity contribution in [2.75, 3.05) is 18.0 Å². The number of anilines is 1. The Balaban J connectivity index is 1.30. The fourth-order valence-electron chi connectivity index (χ4n) is 4.79. The number of fused-ring (bicyclic) bond motifs is 1. The van der Waals surface area contributed by atoms with E-state index in [-0.39, 0.29) is 42.6 Å². The van der Waals surface area contributed by atoms with Crippen LogP contribution in [0.2, 0.25) is 0 Å². The number of carbonyl (C=O) groups is 3. The van der Waals surface area contributed by atoms with Crippen molar-refractivity contribution in [2.45, 2.75) is 49.5 Å². The quantitative estimate of drug-likeness (QED) is 0.371. The van der Waals surface area contributed by atoms with Gasteiger partial charge in [0.05, 0.1) is 11.5 Å². The van der Waals surface area contributed by atoms with Crippen LogP contribution in [-0.2, 0) is 25.8 Å². The van der Waals surface area contributed by atoms with Gasteiger partial charge in [-0.1, -0.05) is 0 Å². The summed E-state index contributed by atoms with van der Waals surface area (Å²) in [4.78, 5) is 41.5. The molecule has 224 valence electrons. The summed E-state index contributed by atoms with van der Waals surface area (Å²) in [5.74, 6) is -2.83. The molecule has 5 rings (SSSR count). The summed E-state index contributed by atoms with van der Waals surface area (Å²) in [6.45, 7) is 2.71. The molecule has 2 aromatic carbocycles. The molecule has 0 spiro atoms. The first-order valence-corrected chi connectivity index (χ1v) is 14.4. The van der Waals surface area contributed by atoms with Crippen molar-refractivity contribution in [1.29, 1.82) is 0 Å². The third-order valence-corrected chi connectivity index (χ3v) is 8.58. The highest BCUT2D eigenvalue weighted by molar-refractivity contribution is 7.89. The maximum absolute atomic E-state index is 13.5. The van der Waals surface area contributed by atoms with Crippen molar-refractivity contribution in [2.24, 2.45) is 5.92 Å². The number of amides is 4. The number of hydrogen-bond acceptors (Lipinski definition) is 6. The largest absolute Gasteiger partial charge is 0.443 e. The summed E-state index contributed by atoms with van der Waals surface area (Å²) in [6, 6.07) is 7.27. The Morgan fingerprint density at radius 3 is 2.36 bits per heavy atom. The van der Waals surface area contributed by atoms with Gasteiger partial charge in [0, 0.05) is 36.3 Å². The SMILES string of the molecule is CC(C)N1C(=O)C(CNC(=O)C2(NS(=O)(=O)c3cc4cc(F)ccc4o3)CC2)CN(c2ccc(C(F)(F)F)cc2)C1=O. The molecule has 2 N–H and O–H groups in total. The first-order valence-electron chi connectivity index (χ1n) is 12.9. The first-order chi connectivity index (χ1) is 19.6. The molecule has 1 unspecified atom stereocenters. The Kier molecular flexibility index (Phi) is 7.29. The second-order valence-electron chi connectivity index (χ2n) is 10.6. The molecule has 1 aromatic heterocycles. The number of rotatable bonds is 8. The molecule has 2 aliphatic rings. The Bertz CT molecular complexity index is 1670. The van der Waals surface area contributed by atoms with Gasteiger partial charge in [0.15, 0.2) is 0 Å². The highest BCUT2D eigenvalue weighted by Crippen LogP contribution is 2.38. The van der Waals surface area contributed by atoms with E-state index in [1.165, 1.54) is 11.0 Å². The maximum atomic E-state index is 13.5. The molecule has 15 heteroatoms. The number of nitrogens with zero attached hydrogens (tertiary/aromatic N) is 2. The van der Waals surface area contributed by atoms with Gasteiger partial charge >= 0.3 is 12.2 Å². The monoisotopic (exact) mass is 610 g/mol. The predicted molar refractivity (Wildman–Crippen MR) is 141 cm³/mol. The lowest BCUT2D eigenvalue weighted by Gasteiger charge is -2.40. The highest BCUT2D eigenvalue weighted by Gasteiger charge is 2.53. The minimum absolute atomic E-state index is 0.139. The van der Waals surface area contributed by atoms with E-state index in [1.807, 2.05) is 0 Å². The molecule has 1 aliphatic carbocycles. The smallest absolute Gasteiger partial charge is 0.416 e. The Labute approximate surface area is 237 Å². The van der Waals surface area contributed by atoms with E-state index in [2.05, 4.69) is 10.0 Å². The lowest BCUT2D eigenvalue weighted by Crippen LogP contribution is -2.61. The van der Waals surface area contributed by atoms with E-state index < -0.39 is 68.0 Å². The van der Waals surface area contributed by atoms with Gasteiger partial charge < -0.3 is 9.73 Å². The normalized spacial score (nSPS) is 19.1. The van der Waals surface area contributed by atoms with E-state index >= 15 is 0 Å². The average molecular weight is 611 g/mol. The summed E-state index contributed by atoms with van der Waals surface area (Å²) in [5, 5.41) is 2.32. The fourth-order valence-corrected chi connectivity index (χ4v) is 6.18. The fraction of sp³-hybridized carbons (Fsp3) is 0.370. The summed E-state index contributed by atoms with van der Waals surface area (Å²) in [5.41, 5.74) is -2.12. The van der Waals surface area contributed by atoms with Crippen LogP contribution in [0.5, 0.6) is 0 Å². The zero-order valence-electron chi connectivity index (χ0n) is 22.4. The molecule has 2 heterocycles. The van der Waals surface area contributed by atoms with Crippen LogP contribution in [0.25, 0.3) is 11.0 Å². The van der Waals surface area contributed by atoms with Gasteiger partial charge in [-0.15, -0.1) is 0 Å². The maximum Gasteiger partial charge on any atom is 0.416 e. The number of halogens is 4. The molecule has 3 aromatic rings. The van der Waals surface area contributed by atoms with Crippen LogP contribution in [0.15, 0.2) is 58.0 Å². The predicted octanol–water partition coefficient (Wildman–Crippen LogP) is 4.01.